The molecule has 1 nitrogen and oxygen atoms in total. The number of ketones is 1. The van der Waals surface area contributed by atoms with Crippen LogP contribution in [0.5, 0.6) is 0 Å². The summed E-state index contributed by atoms with van der Waals surface area (Å²) in [5, 5.41) is 0. The van der Waals surface area contributed by atoms with E-state index in [0.717, 1.165) is 5.57 Å². The van der Waals surface area contributed by atoms with Gasteiger partial charge in [0.1, 0.15) is 0 Å². The molecule has 1 heterocycles. The van der Waals surface area contributed by atoms with Crippen molar-refractivity contribution >= 4 is 17.5 Å². The highest BCUT2D eigenvalue weighted by molar-refractivity contribution is 7.99. The molecule has 62 valence electrons. The lowest BCUT2D eigenvalue weighted by Crippen LogP contribution is -1.98. The Hall–Kier alpha value is -0.240. The molecule has 1 saturated heterocycles. The van der Waals surface area contributed by atoms with E-state index in [4.69, 9.17) is 0 Å². The zero-order valence-electron chi connectivity index (χ0n) is 7.09. The summed E-state index contributed by atoms with van der Waals surface area (Å²) in [6.07, 6.45) is 3.37. The third-order valence-electron chi connectivity index (χ3n) is 2.01. The summed E-state index contributed by atoms with van der Waals surface area (Å²) in [6.45, 7) is 3.54. The average Bonchev–Trinajstić information content (AvgIpc) is 2.39. The van der Waals surface area contributed by atoms with Crippen LogP contribution in [0.3, 0.4) is 0 Å². The first kappa shape index (κ1) is 8.85. The monoisotopic (exact) mass is 170 g/mol. The number of carbonyl (C=O) groups excluding carboxylic acids is 1. The van der Waals surface area contributed by atoms with Gasteiger partial charge in [0.05, 0.1) is 0 Å². The molecular formula is C9H14OS. The molecule has 0 saturated carbocycles. The molecule has 0 aromatic heterocycles. The first-order valence-corrected chi connectivity index (χ1v) is 5.12. The molecular weight excluding hydrogens is 156 g/mol. The van der Waals surface area contributed by atoms with E-state index < -0.39 is 0 Å². The second kappa shape index (κ2) is 3.96. The molecule has 11 heavy (non-hydrogen) atoms. The van der Waals surface area contributed by atoms with Crippen molar-refractivity contribution in [2.45, 2.75) is 20.3 Å². The molecule has 0 amide bonds. The highest BCUT2D eigenvalue weighted by atomic mass is 32.2. The van der Waals surface area contributed by atoms with Gasteiger partial charge in [-0.15, -0.1) is 0 Å². The van der Waals surface area contributed by atoms with Crippen LogP contribution in [-0.2, 0) is 4.79 Å². The Kier molecular flexibility index (Phi) is 3.18. The van der Waals surface area contributed by atoms with Gasteiger partial charge in [0.2, 0.25) is 0 Å². The number of rotatable bonds is 2. The van der Waals surface area contributed by atoms with Gasteiger partial charge in [-0.25, -0.2) is 0 Å². The maximum absolute atomic E-state index is 10.9. The fourth-order valence-corrected chi connectivity index (χ4v) is 2.36. The molecule has 0 bridgehead atoms. The number of thioether (sulfide) groups is 1. The minimum Gasteiger partial charge on any atom is -0.295 e. The van der Waals surface area contributed by atoms with Crippen molar-refractivity contribution in [3.05, 3.63) is 11.6 Å². The van der Waals surface area contributed by atoms with Crippen molar-refractivity contribution < 1.29 is 4.79 Å². The summed E-state index contributed by atoms with van der Waals surface area (Å²) in [6, 6.07) is 0. The molecule has 0 aromatic carbocycles. The van der Waals surface area contributed by atoms with E-state index in [1.54, 1.807) is 6.92 Å². The van der Waals surface area contributed by atoms with E-state index in [0.29, 0.717) is 5.92 Å². The van der Waals surface area contributed by atoms with Crippen LogP contribution in [0.2, 0.25) is 0 Å². The fourth-order valence-electron chi connectivity index (χ4n) is 1.16. The molecule has 0 N–H and O–H groups in total. The molecule has 1 rings (SSSR count). The molecule has 1 aliphatic rings. The Morgan fingerprint density at radius 3 is 2.73 bits per heavy atom. The van der Waals surface area contributed by atoms with Gasteiger partial charge < -0.3 is 0 Å². The molecule has 0 aromatic rings. The number of carbonyl (C=O) groups is 1. The van der Waals surface area contributed by atoms with Gasteiger partial charge in [0.25, 0.3) is 0 Å². The van der Waals surface area contributed by atoms with Gasteiger partial charge in [-0.2, -0.15) is 11.8 Å². The molecule has 1 unspecified atom stereocenters. The van der Waals surface area contributed by atoms with Crippen molar-refractivity contribution in [1.29, 1.82) is 0 Å². The second-order valence-corrected chi connectivity index (χ2v) is 4.18. The molecule has 0 aliphatic carbocycles. The predicted molar refractivity (Wildman–Crippen MR) is 49.9 cm³/mol. The number of allylic oxidation sites excluding steroid dienone is 2. The Labute approximate surface area is 72.2 Å². The third kappa shape index (κ3) is 2.70. The molecule has 0 radical (unpaired) electrons. The van der Waals surface area contributed by atoms with Crippen LogP contribution in [-0.4, -0.2) is 17.3 Å². The van der Waals surface area contributed by atoms with Gasteiger partial charge in [0.15, 0.2) is 5.78 Å². The maximum atomic E-state index is 10.9. The van der Waals surface area contributed by atoms with Crippen LogP contribution in [0.4, 0.5) is 0 Å². The zero-order chi connectivity index (χ0) is 8.27. The Morgan fingerprint density at radius 2 is 2.27 bits per heavy atom. The van der Waals surface area contributed by atoms with Crippen LogP contribution >= 0.6 is 11.8 Å². The zero-order valence-corrected chi connectivity index (χ0v) is 7.91. The summed E-state index contributed by atoms with van der Waals surface area (Å²) >= 11 is 1.98. The van der Waals surface area contributed by atoms with E-state index in [1.807, 2.05) is 18.7 Å². The topological polar surface area (TPSA) is 17.1 Å². The van der Waals surface area contributed by atoms with Crippen molar-refractivity contribution in [3.63, 3.8) is 0 Å². The number of hydrogen-bond acceptors (Lipinski definition) is 2. The summed E-state index contributed by atoms with van der Waals surface area (Å²) in [4.78, 5) is 10.9. The van der Waals surface area contributed by atoms with Gasteiger partial charge >= 0.3 is 0 Å². The predicted octanol–water partition coefficient (Wildman–Crippen LogP) is 2.27. The van der Waals surface area contributed by atoms with Crippen LogP contribution in [0.1, 0.15) is 20.3 Å². The molecule has 2 heteroatoms. The lowest BCUT2D eigenvalue weighted by Gasteiger charge is -2.01. The summed E-state index contributed by atoms with van der Waals surface area (Å²) in [7, 11) is 0. The highest BCUT2D eigenvalue weighted by Gasteiger charge is 2.13. The Bertz CT molecular complexity index is 178. The largest absolute Gasteiger partial charge is 0.295 e. The van der Waals surface area contributed by atoms with E-state index in [1.165, 1.54) is 17.9 Å². The van der Waals surface area contributed by atoms with Crippen molar-refractivity contribution in [3.8, 4) is 0 Å². The third-order valence-corrected chi connectivity index (χ3v) is 3.19. The number of hydrogen-bond donors (Lipinski definition) is 0. The quantitative estimate of drug-likeness (QED) is 0.591. The van der Waals surface area contributed by atoms with Crippen molar-refractivity contribution in [1.82, 2.24) is 0 Å². The van der Waals surface area contributed by atoms with E-state index in [-0.39, 0.29) is 5.78 Å². The number of Topliss-reactive ketones (excluding diaryl/α,β-unsaturated/α-hetero) is 1. The van der Waals surface area contributed by atoms with E-state index >= 15 is 0 Å². The second-order valence-electron chi connectivity index (χ2n) is 3.03. The summed E-state index contributed by atoms with van der Waals surface area (Å²) in [5.41, 5.74) is 0.928. The first-order valence-electron chi connectivity index (χ1n) is 3.97. The first-order chi connectivity index (χ1) is 5.20. The SMILES string of the molecule is CC(=O)C(C)=CC1CCSC1. The molecule has 1 fully saturated rings. The summed E-state index contributed by atoms with van der Waals surface area (Å²) in [5.74, 6) is 3.32. The Balaban J connectivity index is 2.49. The fraction of sp³-hybridized carbons (Fsp3) is 0.667. The highest BCUT2D eigenvalue weighted by Crippen LogP contribution is 2.25. The van der Waals surface area contributed by atoms with Gasteiger partial charge in [-0.3, -0.25) is 4.79 Å². The smallest absolute Gasteiger partial charge is 0.155 e. The van der Waals surface area contributed by atoms with Gasteiger partial charge in [-0.05, 0) is 43.3 Å². The molecule has 0 spiro atoms. The maximum Gasteiger partial charge on any atom is 0.155 e. The minimum absolute atomic E-state index is 0.210. The van der Waals surface area contributed by atoms with E-state index in [2.05, 4.69) is 6.08 Å². The lowest BCUT2D eigenvalue weighted by molar-refractivity contribution is -0.113. The van der Waals surface area contributed by atoms with Crippen LogP contribution in [0.15, 0.2) is 11.6 Å². The van der Waals surface area contributed by atoms with Crippen LogP contribution in [0.25, 0.3) is 0 Å². The van der Waals surface area contributed by atoms with Crippen LogP contribution in [0, 0.1) is 5.92 Å². The minimum atomic E-state index is 0.210. The molecule has 1 aliphatic heterocycles. The normalized spacial score (nSPS) is 25.6. The van der Waals surface area contributed by atoms with Crippen molar-refractivity contribution in [2.24, 2.45) is 5.92 Å². The molecule has 1 atom stereocenters. The average molecular weight is 170 g/mol. The summed E-state index contributed by atoms with van der Waals surface area (Å²) < 4.78 is 0. The lowest BCUT2D eigenvalue weighted by atomic mass is 10.0. The van der Waals surface area contributed by atoms with E-state index in [9.17, 15) is 4.79 Å². The standard InChI is InChI=1S/C9H14OS/c1-7(8(2)10)5-9-3-4-11-6-9/h5,9H,3-4,6H2,1-2H3. The van der Waals surface area contributed by atoms with Gasteiger partial charge in [-0.1, -0.05) is 6.08 Å². The van der Waals surface area contributed by atoms with Gasteiger partial charge in [0, 0.05) is 0 Å². The van der Waals surface area contributed by atoms with Crippen molar-refractivity contribution in [2.75, 3.05) is 11.5 Å². The Morgan fingerprint density at radius 1 is 1.55 bits per heavy atom. The van der Waals surface area contributed by atoms with Crippen LogP contribution < -0.4 is 0 Å².